The minimum atomic E-state index is 0.612. The summed E-state index contributed by atoms with van der Waals surface area (Å²) in [6, 6.07) is 16.3. The van der Waals surface area contributed by atoms with Crippen LogP contribution in [0.25, 0.3) is 33.2 Å². The molecule has 2 aromatic heterocycles. The van der Waals surface area contributed by atoms with Crippen molar-refractivity contribution in [1.82, 2.24) is 0 Å². The molecule has 2 aromatic carbocycles. The summed E-state index contributed by atoms with van der Waals surface area (Å²) in [7, 11) is 2.05. The maximum atomic E-state index is 9.12. The zero-order valence-electron chi connectivity index (χ0n) is 13.9. The largest absolute Gasteiger partial charge is 0.455 e. The predicted molar refractivity (Wildman–Crippen MR) is 94.5 cm³/mol. The van der Waals surface area contributed by atoms with Gasteiger partial charge in [0.2, 0.25) is 5.69 Å². The predicted octanol–water partition coefficient (Wildman–Crippen LogP) is 4.57. The first-order chi connectivity index (χ1) is 11.6. The Morgan fingerprint density at radius 3 is 2.54 bits per heavy atom. The Morgan fingerprint density at radius 1 is 1.00 bits per heavy atom. The van der Waals surface area contributed by atoms with Gasteiger partial charge in [-0.05, 0) is 43.7 Å². The van der Waals surface area contributed by atoms with Crippen LogP contribution in [0.4, 0.5) is 0 Å². The number of pyridine rings is 1. The first-order valence-electron chi connectivity index (χ1n) is 7.91. The minimum absolute atomic E-state index is 0.612. The van der Waals surface area contributed by atoms with Crippen molar-refractivity contribution < 1.29 is 8.98 Å². The van der Waals surface area contributed by atoms with E-state index in [2.05, 4.69) is 62.0 Å². The smallest absolute Gasteiger partial charge is 0.216 e. The molecule has 4 aromatic rings. The van der Waals surface area contributed by atoms with Crippen molar-refractivity contribution in [3.8, 4) is 17.3 Å². The van der Waals surface area contributed by atoms with Gasteiger partial charge in [0, 0.05) is 22.4 Å². The molecule has 0 aliphatic carbocycles. The Kier molecular flexibility index (Phi) is 3.14. The second-order valence-corrected chi connectivity index (χ2v) is 6.26. The average molecular weight is 313 g/mol. The lowest BCUT2D eigenvalue weighted by Gasteiger charge is -2.05. The topological polar surface area (TPSA) is 40.8 Å². The van der Waals surface area contributed by atoms with E-state index in [0.717, 1.165) is 33.2 Å². The first-order valence-corrected chi connectivity index (χ1v) is 7.91. The number of aromatic nitrogens is 1. The number of benzene rings is 2. The summed E-state index contributed by atoms with van der Waals surface area (Å²) in [5, 5.41) is 11.2. The Labute approximate surface area is 140 Å². The number of fused-ring (bicyclic) bond motifs is 3. The molecule has 24 heavy (non-hydrogen) atoms. The van der Waals surface area contributed by atoms with E-state index in [4.69, 9.17) is 9.68 Å². The lowest BCUT2D eigenvalue weighted by Crippen LogP contribution is -2.31. The van der Waals surface area contributed by atoms with E-state index < -0.39 is 0 Å². The summed E-state index contributed by atoms with van der Waals surface area (Å²) in [5.41, 5.74) is 6.84. The molecule has 0 bridgehead atoms. The highest BCUT2D eigenvalue weighted by molar-refractivity contribution is 6.09. The molecular weight excluding hydrogens is 296 g/mol. The van der Waals surface area contributed by atoms with E-state index in [9.17, 15) is 0 Å². The van der Waals surface area contributed by atoms with Crippen LogP contribution in [-0.4, -0.2) is 0 Å². The normalized spacial score (nSPS) is 11.1. The van der Waals surface area contributed by atoms with E-state index >= 15 is 0 Å². The molecule has 0 aliphatic heterocycles. The number of nitrogens with zero attached hydrogens (tertiary/aromatic N) is 2. The van der Waals surface area contributed by atoms with E-state index in [1.165, 1.54) is 11.1 Å². The number of hydrogen-bond donors (Lipinski definition) is 0. The number of rotatable bonds is 1. The van der Waals surface area contributed by atoms with Gasteiger partial charge in [-0.25, -0.2) is 4.57 Å². The molecule has 0 atom stereocenters. The molecule has 0 saturated heterocycles. The molecule has 4 rings (SSSR count). The van der Waals surface area contributed by atoms with Crippen LogP contribution in [0.2, 0.25) is 0 Å². The summed E-state index contributed by atoms with van der Waals surface area (Å²) in [6.45, 7) is 4.18. The highest BCUT2D eigenvalue weighted by Gasteiger charge is 2.20. The van der Waals surface area contributed by atoms with Crippen molar-refractivity contribution in [2.75, 3.05) is 0 Å². The van der Waals surface area contributed by atoms with Crippen molar-refractivity contribution in [2.45, 2.75) is 13.8 Å². The molecule has 0 radical (unpaired) electrons. The standard InChI is InChI=1S/C21H17N2O/c1-13-4-9-18(23(3)12-13)20-14(2)5-7-17-16-8-6-15(11-22)10-19(16)24-21(17)20/h4-10,12H,1-3H3/q+1. The van der Waals surface area contributed by atoms with Gasteiger partial charge in [0.1, 0.15) is 18.2 Å². The van der Waals surface area contributed by atoms with Crippen LogP contribution in [0, 0.1) is 25.2 Å². The van der Waals surface area contributed by atoms with Gasteiger partial charge in [-0.3, -0.25) is 0 Å². The molecule has 3 heteroatoms. The van der Waals surface area contributed by atoms with Crippen LogP contribution >= 0.6 is 0 Å². The summed E-state index contributed by atoms with van der Waals surface area (Å²) in [6.07, 6.45) is 2.12. The van der Waals surface area contributed by atoms with Crippen LogP contribution < -0.4 is 4.57 Å². The maximum absolute atomic E-state index is 9.12. The fourth-order valence-corrected chi connectivity index (χ4v) is 3.33. The molecule has 0 unspecified atom stereocenters. The third-order valence-corrected chi connectivity index (χ3v) is 4.52. The second-order valence-electron chi connectivity index (χ2n) is 6.26. The number of furan rings is 1. The number of hydrogen-bond acceptors (Lipinski definition) is 2. The van der Waals surface area contributed by atoms with E-state index in [1.807, 2.05) is 18.2 Å². The van der Waals surface area contributed by atoms with Crippen molar-refractivity contribution in [3.63, 3.8) is 0 Å². The molecule has 0 N–H and O–H groups in total. The van der Waals surface area contributed by atoms with E-state index in [-0.39, 0.29) is 0 Å². The molecule has 0 saturated carbocycles. The third-order valence-electron chi connectivity index (χ3n) is 4.52. The van der Waals surface area contributed by atoms with Gasteiger partial charge in [0.25, 0.3) is 0 Å². The Hall–Kier alpha value is -3.12. The fraction of sp³-hybridized carbons (Fsp3) is 0.143. The highest BCUT2D eigenvalue weighted by atomic mass is 16.3. The van der Waals surface area contributed by atoms with Gasteiger partial charge in [0.15, 0.2) is 6.20 Å². The quantitative estimate of drug-likeness (QED) is 0.483. The maximum Gasteiger partial charge on any atom is 0.216 e. The van der Waals surface area contributed by atoms with Crippen LogP contribution in [0.1, 0.15) is 16.7 Å². The highest BCUT2D eigenvalue weighted by Crippen LogP contribution is 2.37. The van der Waals surface area contributed by atoms with Crippen LogP contribution in [0.5, 0.6) is 0 Å². The monoisotopic (exact) mass is 313 g/mol. The van der Waals surface area contributed by atoms with Crippen LogP contribution in [0.3, 0.4) is 0 Å². The fourth-order valence-electron chi connectivity index (χ4n) is 3.33. The SMILES string of the molecule is Cc1ccc(-c2c(C)ccc3c2oc2cc(C#N)ccc23)[n+](C)c1. The van der Waals surface area contributed by atoms with Gasteiger partial charge in [-0.1, -0.05) is 12.1 Å². The van der Waals surface area contributed by atoms with Gasteiger partial charge in [0.05, 0.1) is 17.2 Å². The third kappa shape index (κ3) is 2.08. The van der Waals surface area contributed by atoms with Crippen LogP contribution in [0.15, 0.2) is 53.1 Å². The Morgan fingerprint density at radius 2 is 1.79 bits per heavy atom. The van der Waals surface area contributed by atoms with E-state index in [0.29, 0.717) is 5.56 Å². The summed E-state index contributed by atoms with van der Waals surface area (Å²) in [5.74, 6) is 0. The first kappa shape index (κ1) is 14.5. The molecule has 0 aliphatic rings. The zero-order valence-corrected chi connectivity index (χ0v) is 13.9. The molecular formula is C21H17N2O+. The van der Waals surface area contributed by atoms with Gasteiger partial charge >= 0.3 is 0 Å². The van der Waals surface area contributed by atoms with Crippen LogP contribution in [-0.2, 0) is 7.05 Å². The summed E-state index contributed by atoms with van der Waals surface area (Å²) in [4.78, 5) is 0. The Bertz CT molecular complexity index is 1150. The van der Waals surface area contributed by atoms with E-state index in [1.54, 1.807) is 0 Å². The summed E-state index contributed by atoms with van der Waals surface area (Å²) < 4.78 is 8.31. The molecule has 3 nitrogen and oxygen atoms in total. The van der Waals surface area contributed by atoms with Crippen molar-refractivity contribution >= 4 is 21.9 Å². The minimum Gasteiger partial charge on any atom is -0.455 e. The lowest BCUT2D eigenvalue weighted by molar-refractivity contribution is -0.660. The molecule has 0 amide bonds. The van der Waals surface area contributed by atoms with Gasteiger partial charge in [-0.15, -0.1) is 0 Å². The zero-order chi connectivity index (χ0) is 16.8. The average Bonchev–Trinajstić information content (AvgIpc) is 2.93. The molecule has 0 fully saturated rings. The number of nitriles is 1. The van der Waals surface area contributed by atoms with Gasteiger partial charge < -0.3 is 4.42 Å². The van der Waals surface area contributed by atoms with Crippen molar-refractivity contribution in [1.29, 1.82) is 5.26 Å². The second kappa shape index (κ2) is 5.21. The number of aryl methyl sites for hydroxylation is 3. The van der Waals surface area contributed by atoms with Crippen molar-refractivity contribution in [2.24, 2.45) is 7.05 Å². The lowest BCUT2D eigenvalue weighted by atomic mass is 10.00. The molecule has 116 valence electrons. The molecule has 2 heterocycles. The van der Waals surface area contributed by atoms with Gasteiger partial charge in [-0.2, -0.15) is 5.26 Å². The summed E-state index contributed by atoms with van der Waals surface area (Å²) >= 11 is 0. The molecule has 0 spiro atoms. The Balaban J connectivity index is 2.11. The van der Waals surface area contributed by atoms with Crippen molar-refractivity contribution in [3.05, 3.63) is 65.4 Å².